The van der Waals surface area contributed by atoms with Gasteiger partial charge in [-0.05, 0) is 19.1 Å². The maximum atomic E-state index is 9.87. The van der Waals surface area contributed by atoms with Crippen LogP contribution in [0, 0.1) is 6.54 Å². The van der Waals surface area contributed by atoms with Crippen LogP contribution >= 0.6 is 0 Å². The molecule has 0 spiro atoms. The van der Waals surface area contributed by atoms with Crippen LogP contribution in [0.3, 0.4) is 0 Å². The van der Waals surface area contributed by atoms with Gasteiger partial charge in [-0.25, -0.2) is 0 Å². The van der Waals surface area contributed by atoms with E-state index in [0.717, 1.165) is 10.9 Å². The molecule has 1 atom stereocenters. The predicted octanol–water partition coefficient (Wildman–Crippen LogP) is 2.04. The first-order valence-electron chi connectivity index (χ1n) is 5.36. The third-order valence-electron chi connectivity index (χ3n) is 2.48. The molecule has 3 nitrogen and oxygen atoms in total. The number of rotatable bonds is 4. The normalized spacial score (nSPS) is 12.9. The van der Waals surface area contributed by atoms with Gasteiger partial charge >= 0.3 is 0 Å². The molecule has 0 aliphatic rings. The van der Waals surface area contributed by atoms with Crippen molar-refractivity contribution < 1.29 is 5.11 Å². The number of nitrogens with zero attached hydrogens (tertiary/aromatic N) is 1. The van der Waals surface area contributed by atoms with Gasteiger partial charge < -0.3 is 10.4 Å². The Hall–Kier alpha value is -1.45. The van der Waals surface area contributed by atoms with E-state index in [9.17, 15) is 5.11 Å². The molecule has 0 saturated heterocycles. The Morgan fingerprint density at radius 3 is 2.94 bits per heavy atom. The molecular formula is C13H15N2O. The fourth-order valence-corrected chi connectivity index (χ4v) is 1.60. The molecule has 0 bridgehead atoms. The molecule has 83 valence electrons. The highest BCUT2D eigenvalue weighted by atomic mass is 16.3. The Labute approximate surface area is 95.1 Å². The van der Waals surface area contributed by atoms with Crippen LogP contribution in [0.15, 0.2) is 36.4 Å². The molecule has 16 heavy (non-hydrogen) atoms. The highest BCUT2D eigenvalue weighted by molar-refractivity contribution is 5.78. The van der Waals surface area contributed by atoms with Gasteiger partial charge in [0.15, 0.2) is 0 Å². The van der Waals surface area contributed by atoms with Crippen LogP contribution in [0.25, 0.3) is 10.9 Å². The van der Waals surface area contributed by atoms with Gasteiger partial charge in [0.25, 0.3) is 0 Å². The lowest BCUT2D eigenvalue weighted by Gasteiger charge is -2.10. The molecule has 0 fully saturated rings. The van der Waals surface area contributed by atoms with Gasteiger partial charge in [0.1, 0.15) is 6.10 Å². The van der Waals surface area contributed by atoms with Crippen molar-refractivity contribution in [2.24, 2.45) is 0 Å². The average Bonchev–Trinajstić information content (AvgIpc) is 2.35. The molecule has 2 aromatic rings. The van der Waals surface area contributed by atoms with E-state index >= 15 is 0 Å². The summed E-state index contributed by atoms with van der Waals surface area (Å²) in [6, 6.07) is 11.7. The van der Waals surface area contributed by atoms with E-state index in [2.05, 4.69) is 10.3 Å². The van der Waals surface area contributed by atoms with Crippen LogP contribution < -0.4 is 5.32 Å². The molecule has 0 saturated carbocycles. The van der Waals surface area contributed by atoms with Crippen LogP contribution in [0.4, 0.5) is 0 Å². The summed E-state index contributed by atoms with van der Waals surface area (Å²) >= 11 is 0. The van der Waals surface area contributed by atoms with E-state index in [4.69, 9.17) is 0 Å². The zero-order valence-corrected chi connectivity index (χ0v) is 9.22. The van der Waals surface area contributed by atoms with E-state index in [1.54, 1.807) is 0 Å². The Morgan fingerprint density at radius 1 is 1.31 bits per heavy atom. The lowest BCUT2D eigenvalue weighted by molar-refractivity contribution is 0.173. The summed E-state index contributed by atoms with van der Waals surface area (Å²) in [4.78, 5) is 4.42. The predicted molar refractivity (Wildman–Crippen MR) is 64.7 cm³/mol. The Kier molecular flexibility index (Phi) is 3.49. The zero-order chi connectivity index (χ0) is 11.4. The first-order valence-corrected chi connectivity index (χ1v) is 5.36. The van der Waals surface area contributed by atoms with E-state index < -0.39 is 6.10 Å². The molecule has 1 aromatic heterocycles. The SMILES string of the molecule is C[CH]NCC(O)c1ccc2ccccc2n1. The molecule has 0 amide bonds. The number of para-hydroxylation sites is 1. The van der Waals surface area contributed by atoms with Crippen molar-refractivity contribution in [3.8, 4) is 0 Å². The first-order chi connectivity index (χ1) is 7.81. The second kappa shape index (κ2) is 5.05. The minimum atomic E-state index is -0.569. The van der Waals surface area contributed by atoms with Gasteiger partial charge in [-0.15, -0.1) is 0 Å². The highest BCUT2D eigenvalue weighted by Gasteiger charge is 2.08. The van der Waals surface area contributed by atoms with Crippen LogP contribution in [0.5, 0.6) is 0 Å². The van der Waals surface area contributed by atoms with Crippen LogP contribution in [0.1, 0.15) is 18.7 Å². The van der Waals surface area contributed by atoms with Gasteiger partial charge in [0.05, 0.1) is 11.2 Å². The molecule has 3 heteroatoms. The van der Waals surface area contributed by atoms with E-state index in [1.807, 2.05) is 49.9 Å². The first kappa shape index (κ1) is 11.0. The van der Waals surface area contributed by atoms with Crippen molar-refractivity contribution in [2.75, 3.05) is 6.54 Å². The van der Waals surface area contributed by atoms with Gasteiger partial charge in [-0.3, -0.25) is 4.98 Å². The highest BCUT2D eigenvalue weighted by Crippen LogP contribution is 2.16. The van der Waals surface area contributed by atoms with Crippen molar-refractivity contribution in [2.45, 2.75) is 13.0 Å². The summed E-state index contributed by atoms with van der Waals surface area (Å²) in [6.45, 7) is 4.19. The Bertz CT molecular complexity index is 470. The van der Waals surface area contributed by atoms with E-state index in [-0.39, 0.29) is 0 Å². The summed E-state index contributed by atoms with van der Waals surface area (Å²) in [5, 5.41) is 13.9. The average molecular weight is 215 g/mol. The number of hydrogen-bond acceptors (Lipinski definition) is 3. The second-order valence-electron chi connectivity index (χ2n) is 3.64. The standard InChI is InChI=1S/C13H15N2O/c1-2-14-9-13(16)12-8-7-10-5-3-4-6-11(10)15-12/h2-8,13-14,16H,9H2,1H3. The van der Waals surface area contributed by atoms with Gasteiger partial charge in [-0.2, -0.15) is 0 Å². The molecule has 0 aliphatic heterocycles. The number of nitrogens with one attached hydrogen (secondary N) is 1. The van der Waals surface area contributed by atoms with Gasteiger partial charge in [0, 0.05) is 18.5 Å². The third-order valence-corrected chi connectivity index (χ3v) is 2.48. The lowest BCUT2D eigenvalue weighted by atomic mass is 10.1. The number of fused-ring (bicyclic) bond motifs is 1. The fourth-order valence-electron chi connectivity index (χ4n) is 1.60. The van der Waals surface area contributed by atoms with Gasteiger partial charge in [0.2, 0.25) is 0 Å². The van der Waals surface area contributed by atoms with E-state index in [0.29, 0.717) is 12.2 Å². The van der Waals surface area contributed by atoms with Crippen molar-refractivity contribution in [1.29, 1.82) is 0 Å². The largest absolute Gasteiger partial charge is 0.385 e. The summed E-state index contributed by atoms with van der Waals surface area (Å²) in [7, 11) is 0. The maximum Gasteiger partial charge on any atom is 0.108 e. The monoisotopic (exact) mass is 215 g/mol. The number of hydrogen-bond donors (Lipinski definition) is 2. The number of benzene rings is 1. The van der Waals surface area contributed by atoms with Gasteiger partial charge in [-0.1, -0.05) is 24.3 Å². The molecule has 2 N–H and O–H groups in total. The van der Waals surface area contributed by atoms with Crippen LogP contribution in [-0.4, -0.2) is 16.6 Å². The number of aromatic nitrogens is 1. The molecule has 1 heterocycles. The fraction of sp³-hybridized carbons (Fsp3) is 0.231. The smallest absolute Gasteiger partial charge is 0.108 e. The van der Waals surface area contributed by atoms with Crippen LogP contribution in [-0.2, 0) is 0 Å². The molecule has 1 aromatic carbocycles. The maximum absolute atomic E-state index is 9.87. The minimum Gasteiger partial charge on any atom is -0.385 e. The third kappa shape index (κ3) is 2.38. The number of pyridine rings is 1. The zero-order valence-electron chi connectivity index (χ0n) is 9.22. The number of aliphatic hydroxyl groups is 1. The van der Waals surface area contributed by atoms with Crippen molar-refractivity contribution >= 4 is 10.9 Å². The van der Waals surface area contributed by atoms with Crippen molar-refractivity contribution in [3.05, 3.63) is 48.6 Å². The Balaban J connectivity index is 2.25. The van der Waals surface area contributed by atoms with Crippen molar-refractivity contribution in [3.63, 3.8) is 0 Å². The summed E-state index contributed by atoms with van der Waals surface area (Å²) in [5.41, 5.74) is 1.62. The number of aliphatic hydroxyl groups excluding tert-OH is 1. The molecule has 0 aliphatic carbocycles. The molecule has 1 unspecified atom stereocenters. The van der Waals surface area contributed by atoms with E-state index in [1.165, 1.54) is 0 Å². The lowest BCUT2D eigenvalue weighted by Crippen LogP contribution is -2.18. The summed E-state index contributed by atoms with van der Waals surface area (Å²) in [6.07, 6.45) is -0.569. The Morgan fingerprint density at radius 2 is 2.12 bits per heavy atom. The molecular weight excluding hydrogens is 200 g/mol. The molecule has 2 rings (SSSR count). The van der Waals surface area contributed by atoms with Crippen LogP contribution in [0.2, 0.25) is 0 Å². The molecule has 1 radical (unpaired) electrons. The second-order valence-corrected chi connectivity index (χ2v) is 3.64. The quantitative estimate of drug-likeness (QED) is 0.820. The summed E-state index contributed by atoms with van der Waals surface area (Å²) < 4.78 is 0. The topological polar surface area (TPSA) is 45.1 Å². The summed E-state index contributed by atoms with van der Waals surface area (Å²) in [5.74, 6) is 0. The minimum absolute atomic E-state index is 0.488. The van der Waals surface area contributed by atoms with Crippen molar-refractivity contribution in [1.82, 2.24) is 10.3 Å².